The molecule has 0 fully saturated rings. The number of hydrogen-bond acceptors (Lipinski definition) is 5. The number of amides is 1. The number of carbonyl (C=O) groups excluding carboxylic acids is 2. The molecule has 124 valence electrons. The Balaban J connectivity index is 2.22. The zero-order chi connectivity index (χ0) is 17.3. The molecular weight excluding hydrogens is 338 g/mol. The van der Waals surface area contributed by atoms with Crippen LogP contribution in [0.4, 0.5) is 5.00 Å². The number of carbonyl (C=O) groups is 2. The summed E-state index contributed by atoms with van der Waals surface area (Å²) >= 11 is 7.43. The van der Waals surface area contributed by atoms with Crippen LogP contribution in [0.3, 0.4) is 0 Å². The molecule has 23 heavy (non-hydrogen) atoms. The van der Waals surface area contributed by atoms with Gasteiger partial charge in [-0.25, -0.2) is 4.79 Å². The highest BCUT2D eigenvalue weighted by atomic mass is 35.5. The molecule has 0 saturated carbocycles. The van der Waals surface area contributed by atoms with Crippen molar-refractivity contribution in [1.29, 1.82) is 0 Å². The van der Waals surface area contributed by atoms with E-state index >= 15 is 0 Å². The van der Waals surface area contributed by atoms with E-state index < -0.39 is 5.97 Å². The Hall–Kier alpha value is -1.86. The predicted molar refractivity (Wildman–Crippen MR) is 90.5 cm³/mol. The third-order valence-corrected chi connectivity index (χ3v) is 5.28. The number of methoxy groups -OCH3 is 1. The number of anilines is 1. The summed E-state index contributed by atoms with van der Waals surface area (Å²) in [4.78, 5) is 25.1. The second-order valence-electron chi connectivity index (χ2n) is 5.17. The van der Waals surface area contributed by atoms with Crippen LogP contribution in [0.1, 0.15) is 32.2 Å². The number of thiophene rings is 1. The molecule has 0 radical (unpaired) electrons. The standard InChI is InChI=1S/C15H18ClN3O3S/c1-7-10(4)23-14(12(7)15(21)22-5)17-11(20)6-19-9(3)13(16)8(2)18-19/h6H2,1-5H3,(H,17,20). The average molecular weight is 356 g/mol. The van der Waals surface area contributed by atoms with E-state index in [0.29, 0.717) is 21.3 Å². The molecule has 0 bridgehead atoms. The third kappa shape index (κ3) is 3.40. The Morgan fingerprint density at radius 3 is 2.48 bits per heavy atom. The summed E-state index contributed by atoms with van der Waals surface area (Å²) in [5.74, 6) is -0.741. The highest BCUT2D eigenvalue weighted by molar-refractivity contribution is 7.16. The van der Waals surface area contributed by atoms with Crippen molar-refractivity contribution >= 4 is 39.8 Å². The molecule has 0 spiro atoms. The van der Waals surface area contributed by atoms with E-state index in [-0.39, 0.29) is 12.5 Å². The lowest BCUT2D eigenvalue weighted by molar-refractivity contribution is -0.116. The van der Waals surface area contributed by atoms with E-state index in [2.05, 4.69) is 10.4 Å². The van der Waals surface area contributed by atoms with Gasteiger partial charge in [-0.15, -0.1) is 11.3 Å². The van der Waals surface area contributed by atoms with E-state index in [1.807, 2.05) is 13.8 Å². The minimum Gasteiger partial charge on any atom is -0.465 e. The molecular formula is C15H18ClN3O3S. The fourth-order valence-corrected chi connectivity index (χ4v) is 3.39. The number of aromatic nitrogens is 2. The Bertz CT molecular complexity index is 780. The number of hydrogen-bond donors (Lipinski definition) is 1. The van der Waals surface area contributed by atoms with E-state index in [0.717, 1.165) is 16.1 Å². The quantitative estimate of drug-likeness (QED) is 0.854. The van der Waals surface area contributed by atoms with E-state index in [1.54, 1.807) is 13.8 Å². The first-order chi connectivity index (χ1) is 10.8. The predicted octanol–water partition coefficient (Wildman–Crippen LogP) is 3.26. The van der Waals surface area contributed by atoms with E-state index in [4.69, 9.17) is 16.3 Å². The number of nitrogens with zero attached hydrogens (tertiary/aromatic N) is 2. The summed E-state index contributed by atoms with van der Waals surface area (Å²) in [6, 6.07) is 0. The molecule has 0 aliphatic carbocycles. The first-order valence-electron chi connectivity index (χ1n) is 6.93. The van der Waals surface area contributed by atoms with Crippen LogP contribution in [0.2, 0.25) is 5.02 Å². The fraction of sp³-hybridized carbons (Fsp3) is 0.400. The highest BCUT2D eigenvalue weighted by Gasteiger charge is 2.22. The van der Waals surface area contributed by atoms with Gasteiger partial charge in [0.15, 0.2) is 0 Å². The molecule has 0 aromatic carbocycles. The minimum absolute atomic E-state index is 0.0238. The summed E-state index contributed by atoms with van der Waals surface area (Å²) in [6.07, 6.45) is 0. The topological polar surface area (TPSA) is 73.2 Å². The first kappa shape index (κ1) is 17.5. The molecule has 0 atom stereocenters. The van der Waals surface area contributed by atoms with Crippen molar-refractivity contribution in [3.63, 3.8) is 0 Å². The smallest absolute Gasteiger partial charge is 0.341 e. The Morgan fingerprint density at radius 2 is 1.96 bits per heavy atom. The number of aryl methyl sites for hydroxylation is 2. The lowest BCUT2D eigenvalue weighted by Gasteiger charge is -2.07. The van der Waals surface area contributed by atoms with Gasteiger partial charge >= 0.3 is 5.97 Å². The molecule has 0 aliphatic heterocycles. The number of nitrogens with one attached hydrogen (secondary N) is 1. The van der Waals surface area contributed by atoms with Crippen LogP contribution in [0, 0.1) is 27.7 Å². The summed E-state index contributed by atoms with van der Waals surface area (Å²) in [5, 5.41) is 8.03. The van der Waals surface area contributed by atoms with Crippen molar-refractivity contribution in [3.05, 3.63) is 32.4 Å². The maximum Gasteiger partial charge on any atom is 0.341 e. The van der Waals surface area contributed by atoms with Gasteiger partial charge in [0.05, 0.1) is 29.1 Å². The monoisotopic (exact) mass is 355 g/mol. The van der Waals surface area contributed by atoms with Crippen LogP contribution in [0.15, 0.2) is 0 Å². The zero-order valence-corrected chi connectivity index (χ0v) is 15.2. The van der Waals surface area contributed by atoms with Gasteiger partial charge in [-0.3, -0.25) is 9.48 Å². The van der Waals surface area contributed by atoms with Crippen LogP contribution in [0.25, 0.3) is 0 Å². The van der Waals surface area contributed by atoms with Gasteiger partial charge in [0.2, 0.25) is 5.91 Å². The van der Waals surface area contributed by atoms with Crippen LogP contribution in [-0.2, 0) is 16.1 Å². The van der Waals surface area contributed by atoms with E-state index in [1.165, 1.54) is 23.1 Å². The molecule has 6 nitrogen and oxygen atoms in total. The molecule has 2 rings (SSSR count). The molecule has 2 aromatic rings. The van der Waals surface area contributed by atoms with E-state index in [9.17, 15) is 9.59 Å². The molecule has 0 unspecified atom stereocenters. The minimum atomic E-state index is -0.462. The molecule has 8 heteroatoms. The first-order valence-corrected chi connectivity index (χ1v) is 8.13. The van der Waals surface area contributed by atoms with Crippen LogP contribution in [0.5, 0.6) is 0 Å². The van der Waals surface area contributed by atoms with Crippen LogP contribution < -0.4 is 5.32 Å². The Labute approximate surface area is 143 Å². The van der Waals surface area contributed by atoms with Gasteiger partial charge < -0.3 is 10.1 Å². The maximum atomic E-state index is 12.3. The SMILES string of the molecule is COC(=O)c1c(NC(=O)Cn2nc(C)c(Cl)c2C)sc(C)c1C. The van der Waals surface area contributed by atoms with Crippen molar-refractivity contribution in [1.82, 2.24) is 9.78 Å². The number of rotatable bonds is 4. The van der Waals surface area contributed by atoms with Crippen LogP contribution in [-0.4, -0.2) is 28.8 Å². The highest BCUT2D eigenvalue weighted by Crippen LogP contribution is 2.33. The fourth-order valence-electron chi connectivity index (χ4n) is 2.19. The van der Waals surface area contributed by atoms with Gasteiger partial charge in [0, 0.05) is 4.88 Å². The number of ether oxygens (including phenoxy) is 1. The summed E-state index contributed by atoms with van der Waals surface area (Å²) in [6.45, 7) is 7.33. The largest absolute Gasteiger partial charge is 0.465 e. The normalized spacial score (nSPS) is 10.7. The van der Waals surface area contributed by atoms with Gasteiger partial charge in [0.25, 0.3) is 0 Å². The lowest BCUT2D eigenvalue weighted by Crippen LogP contribution is -2.21. The lowest BCUT2D eigenvalue weighted by atomic mass is 10.1. The summed E-state index contributed by atoms with van der Waals surface area (Å²) in [7, 11) is 1.32. The van der Waals surface area contributed by atoms with Crippen molar-refractivity contribution < 1.29 is 14.3 Å². The van der Waals surface area contributed by atoms with Crippen molar-refractivity contribution in [2.45, 2.75) is 34.2 Å². The third-order valence-electron chi connectivity index (χ3n) is 3.61. The summed E-state index contributed by atoms with van der Waals surface area (Å²) < 4.78 is 6.33. The number of halogens is 1. The van der Waals surface area contributed by atoms with Crippen molar-refractivity contribution in [2.75, 3.05) is 12.4 Å². The molecule has 1 N–H and O–H groups in total. The second-order valence-corrected chi connectivity index (χ2v) is 6.77. The Morgan fingerprint density at radius 1 is 1.30 bits per heavy atom. The van der Waals surface area contributed by atoms with Crippen LogP contribution >= 0.6 is 22.9 Å². The molecule has 2 aromatic heterocycles. The molecule has 1 amide bonds. The Kier molecular flexibility index (Phi) is 5.11. The van der Waals surface area contributed by atoms with Gasteiger partial charge in [-0.05, 0) is 33.3 Å². The van der Waals surface area contributed by atoms with Crippen molar-refractivity contribution in [2.24, 2.45) is 0 Å². The van der Waals surface area contributed by atoms with Gasteiger partial charge in [-0.2, -0.15) is 5.10 Å². The molecule has 0 aliphatic rings. The van der Waals surface area contributed by atoms with Gasteiger partial charge in [0.1, 0.15) is 11.5 Å². The summed E-state index contributed by atoms with van der Waals surface area (Å²) in [5.41, 5.74) is 2.61. The van der Waals surface area contributed by atoms with Gasteiger partial charge in [-0.1, -0.05) is 11.6 Å². The van der Waals surface area contributed by atoms with Crippen molar-refractivity contribution in [3.8, 4) is 0 Å². The zero-order valence-electron chi connectivity index (χ0n) is 13.6. The second kappa shape index (κ2) is 6.72. The average Bonchev–Trinajstić information content (AvgIpc) is 2.90. The number of esters is 1. The molecule has 2 heterocycles. The molecule has 0 saturated heterocycles. The maximum absolute atomic E-state index is 12.3.